The third kappa shape index (κ3) is 3.31. The van der Waals surface area contributed by atoms with Gasteiger partial charge in [0, 0.05) is 24.8 Å². The van der Waals surface area contributed by atoms with Crippen LogP contribution in [0.25, 0.3) is 0 Å². The van der Waals surface area contributed by atoms with Gasteiger partial charge >= 0.3 is 0 Å². The predicted molar refractivity (Wildman–Crippen MR) is 86.3 cm³/mol. The molecule has 1 atom stereocenters. The molecule has 0 aliphatic carbocycles. The fourth-order valence-corrected chi connectivity index (χ4v) is 2.56. The van der Waals surface area contributed by atoms with Gasteiger partial charge in [0.2, 0.25) is 11.8 Å². The van der Waals surface area contributed by atoms with E-state index in [1.54, 1.807) is 48.5 Å². The van der Waals surface area contributed by atoms with Crippen molar-refractivity contribution < 1.29 is 14.3 Å². The van der Waals surface area contributed by atoms with Crippen molar-refractivity contribution in [2.45, 2.75) is 6.42 Å². The highest BCUT2D eigenvalue weighted by molar-refractivity contribution is 6.03. The first-order valence-corrected chi connectivity index (χ1v) is 7.33. The summed E-state index contributed by atoms with van der Waals surface area (Å²) in [5.74, 6) is 0.591. The molecule has 1 aliphatic rings. The average Bonchev–Trinajstić information content (AvgIpc) is 2.98. The lowest BCUT2D eigenvalue weighted by atomic mass is 10.1. The molecular weight excluding hydrogens is 294 g/mol. The van der Waals surface area contributed by atoms with E-state index in [1.807, 2.05) is 12.1 Å². The van der Waals surface area contributed by atoms with Gasteiger partial charge in [0.25, 0.3) is 0 Å². The zero-order chi connectivity index (χ0) is 16.2. The highest BCUT2D eigenvalue weighted by Gasteiger charge is 2.35. The van der Waals surface area contributed by atoms with Crippen LogP contribution in [0.2, 0.25) is 0 Å². The van der Waals surface area contributed by atoms with Crippen LogP contribution in [-0.2, 0) is 9.59 Å². The summed E-state index contributed by atoms with van der Waals surface area (Å²) in [6, 6.07) is 12.5. The number of ether oxygens (including phenoxy) is 1. The number of methoxy groups -OCH3 is 1. The number of anilines is 2. The Morgan fingerprint density at radius 3 is 2.70 bits per heavy atom. The number of rotatable bonds is 4. The smallest absolute Gasteiger partial charge is 0.230 e. The van der Waals surface area contributed by atoms with Gasteiger partial charge in [0.15, 0.2) is 0 Å². The van der Waals surface area contributed by atoms with E-state index in [2.05, 4.69) is 10.3 Å². The molecule has 6 nitrogen and oxygen atoms in total. The topological polar surface area (TPSA) is 71.5 Å². The van der Waals surface area contributed by atoms with E-state index in [1.165, 1.54) is 0 Å². The van der Waals surface area contributed by atoms with E-state index in [4.69, 9.17) is 4.74 Å². The number of nitrogens with one attached hydrogen (secondary N) is 1. The van der Waals surface area contributed by atoms with Gasteiger partial charge in [0.1, 0.15) is 11.6 Å². The van der Waals surface area contributed by atoms with Crippen LogP contribution in [0.5, 0.6) is 5.75 Å². The molecule has 3 rings (SSSR count). The normalized spacial score (nSPS) is 17.2. The number of nitrogens with zero attached hydrogens (tertiary/aromatic N) is 2. The summed E-state index contributed by atoms with van der Waals surface area (Å²) in [7, 11) is 1.59. The number of hydrogen-bond acceptors (Lipinski definition) is 4. The summed E-state index contributed by atoms with van der Waals surface area (Å²) < 4.78 is 5.11. The molecule has 118 valence electrons. The predicted octanol–water partition coefficient (Wildman–Crippen LogP) is 2.08. The number of carbonyl (C=O) groups excluding carboxylic acids is 2. The molecule has 23 heavy (non-hydrogen) atoms. The Labute approximate surface area is 134 Å². The van der Waals surface area contributed by atoms with E-state index in [0.717, 1.165) is 11.4 Å². The van der Waals surface area contributed by atoms with Gasteiger partial charge in [-0.15, -0.1) is 0 Å². The first-order valence-electron chi connectivity index (χ1n) is 7.33. The van der Waals surface area contributed by atoms with Gasteiger partial charge in [-0.1, -0.05) is 6.07 Å². The Kier molecular flexibility index (Phi) is 4.23. The van der Waals surface area contributed by atoms with Crippen molar-refractivity contribution >= 4 is 23.3 Å². The Morgan fingerprint density at radius 1 is 1.26 bits per heavy atom. The number of pyridine rings is 1. The minimum atomic E-state index is -0.383. The van der Waals surface area contributed by atoms with E-state index >= 15 is 0 Å². The molecule has 1 aromatic heterocycles. The third-order valence-corrected chi connectivity index (χ3v) is 3.80. The maximum absolute atomic E-state index is 12.3. The first-order chi connectivity index (χ1) is 11.2. The Morgan fingerprint density at radius 2 is 2.04 bits per heavy atom. The Balaban J connectivity index is 1.67. The minimum Gasteiger partial charge on any atom is -0.497 e. The molecule has 0 unspecified atom stereocenters. The van der Waals surface area contributed by atoms with Crippen LogP contribution in [-0.4, -0.2) is 30.5 Å². The van der Waals surface area contributed by atoms with Crippen LogP contribution in [0.4, 0.5) is 11.5 Å². The number of benzene rings is 1. The molecule has 1 aliphatic heterocycles. The highest BCUT2D eigenvalue weighted by atomic mass is 16.5. The second-order valence-corrected chi connectivity index (χ2v) is 5.31. The van der Waals surface area contributed by atoms with E-state index in [-0.39, 0.29) is 24.2 Å². The lowest BCUT2D eigenvalue weighted by Crippen LogP contribution is -2.28. The molecule has 0 spiro atoms. The summed E-state index contributed by atoms with van der Waals surface area (Å²) in [4.78, 5) is 30.2. The number of amides is 2. The second kappa shape index (κ2) is 6.48. The maximum atomic E-state index is 12.3. The quantitative estimate of drug-likeness (QED) is 0.938. The molecule has 0 radical (unpaired) electrons. The SMILES string of the molecule is COc1ccc(N2C[C@H](C(=O)Nc3ccccn3)CC2=O)cc1. The maximum Gasteiger partial charge on any atom is 0.230 e. The van der Waals surface area contributed by atoms with Crippen molar-refractivity contribution in [3.05, 3.63) is 48.7 Å². The van der Waals surface area contributed by atoms with Crippen LogP contribution < -0.4 is 15.0 Å². The van der Waals surface area contributed by atoms with Crippen LogP contribution in [0.1, 0.15) is 6.42 Å². The van der Waals surface area contributed by atoms with Gasteiger partial charge in [-0.2, -0.15) is 0 Å². The van der Waals surface area contributed by atoms with Crippen molar-refractivity contribution in [1.82, 2.24) is 4.98 Å². The minimum absolute atomic E-state index is 0.0589. The first kappa shape index (κ1) is 15.0. The third-order valence-electron chi connectivity index (χ3n) is 3.80. The van der Waals surface area contributed by atoms with Crippen LogP contribution >= 0.6 is 0 Å². The lowest BCUT2D eigenvalue weighted by Gasteiger charge is -2.17. The molecule has 1 saturated heterocycles. The molecule has 0 saturated carbocycles. The van der Waals surface area contributed by atoms with Crippen molar-refractivity contribution in [2.24, 2.45) is 5.92 Å². The Hall–Kier alpha value is -2.89. The average molecular weight is 311 g/mol. The fourth-order valence-electron chi connectivity index (χ4n) is 2.56. The summed E-state index contributed by atoms with van der Waals surface area (Å²) in [6.45, 7) is 0.365. The van der Waals surface area contributed by atoms with Crippen molar-refractivity contribution in [1.29, 1.82) is 0 Å². The van der Waals surface area contributed by atoms with Gasteiger partial charge in [-0.25, -0.2) is 4.98 Å². The highest BCUT2D eigenvalue weighted by Crippen LogP contribution is 2.27. The summed E-state index contributed by atoms with van der Waals surface area (Å²) in [5, 5.41) is 2.75. The number of carbonyl (C=O) groups is 2. The monoisotopic (exact) mass is 311 g/mol. The van der Waals surface area contributed by atoms with Gasteiger partial charge in [0.05, 0.1) is 13.0 Å². The zero-order valence-electron chi connectivity index (χ0n) is 12.7. The molecular formula is C17H17N3O3. The van der Waals surface area contributed by atoms with Crippen molar-refractivity contribution in [2.75, 3.05) is 23.9 Å². The van der Waals surface area contributed by atoms with Crippen LogP contribution in [0, 0.1) is 5.92 Å². The van der Waals surface area contributed by atoms with Crippen LogP contribution in [0.3, 0.4) is 0 Å². The molecule has 2 aromatic rings. The molecule has 1 N–H and O–H groups in total. The molecule has 1 aromatic carbocycles. The molecule has 1 fully saturated rings. The summed E-state index contributed by atoms with van der Waals surface area (Å²) in [5.41, 5.74) is 0.768. The number of aromatic nitrogens is 1. The fraction of sp³-hybridized carbons (Fsp3) is 0.235. The Bertz CT molecular complexity index is 701. The van der Waals surface area contributed by atoms with E-state index in [0.29, 0.717) is 12.4 Å². The number of hydrogen-bond donors (Lipinski definition) is 1. The van der Waals surface area contributed by atoms with Gasteiger partial charge < -0.3 is 15.0 Å². The van der Waals surface area contributed by atoms with Crippen LogP contribution in [0.15, 0.2) is 48.7 Å². The molecule has 2 heterocycles. The molecule has 0 bridgehead atoms. The summed E-state index contributed by atoms with van der Waals surface area (Å²) >= 11 is 0. The van der Waals surface area contributed by atoms with E-state index in [9.17, 15) is 9.59 Å². The zero-order valence-corrected chi connectivity index (χ0v) is 12.7. The van der Waals surface area contributed by atoms with Gasteiger partial charge in [-0.05, 0) is 36.4 Å². The van der Waals surface area contributed by atoms with Gasteiger partial charge in [-0.3, -0.25) is 9.59 Å². The molecule has 2 amide bonds. The second-order valence-electron chi connectivity index (χ2n) is 5.31. The standard InChI is InChI=1S/C17H17N3O3/c1-23-14-7-5-13(6-8-14)20-11-12(10-16(20)21)17(22)19-15-4-2-3-9-18-15/h2-9,12H,10-11H2,1H3,(H,18,19,22)/t12-/m1/s1. The largest absolute Gasteiger partial charge is 0.497 e. The lowest BCUT2D eigenvalue weighted by molar-refractivity contribution is -0.122. The summed E-state index contributed by atoms with van der Waals surface area (Å²) in [6.07, 6.45) is 1.81. The van der Waals surface area contributed by atoms with E-state index < -0.39 is 0 Å². The van der Waals surface area contributed by atoms with Crippen molar-refractivity contribution in [3.63, 3.8) is 0 Å². The molecule has 6 heteroatoms. The van der Waals surface area contributed by atoms with Crippen molar-refractivity contribution in [3.8, 4) is 5.75 Å².